The first-order valence-electron chi connectivity index (χ1n) is 9.44. The Labute approximate surface area is 182 Å². The Morgan fingerprint density at radius 3 is 2.73 bits per heavy atom. The van der Waals surface area contributed by atoms with E-state index in [1.165, 1.54) is 17.8 Å². The van der Waals surface area contributed by atoms with Crippen molar-refractivity contribution in [1.29, 1.82) is 0 Å². The van der Waals surface area contributed by atoms with E-state index in [1.54, 1.807) is 29.1 Å². The Balaban J connectivity index is 1.26. The highest BCUT2D eigenvalue weighted by Crippen LogP contribution is 2.22. The highest BCUT2D eigenvalue weighted by atomic mass is 35.5. The number of furan rings is 1. The minimum absolute atomic E-state index is 0.0242. The number of carbonyl (C=O) groups excluding carboxylic acids is 1. The molecule has 1 aliphatic heterocycles. The van der Waals surface area contributed by atoms with Gasteiger partial charge in [0, 0.05) is 43.3 Å². The summed E-state index contributed by atoms with van der Waals surface area (Å²) in [7, 11) is 0. The molecule has 0 N–H and O–H groups in total. The number of piperazine rings is 1. The molecular formula is C19H20ClFN6O2S. The summed E-state index contributed by atoms with van der Waals surface area (Å²) in [5.41, 5.74) is 0.498. The monoisotopic (exact) mass is 450 g/mol. The van der Waals surface area contributed by atoms with E-state index in [1.807, 2.05) is 11.0 Å². The van der Waals surface area contributed by atoms with Crippen LogP contribution < -0.4 is 0 Å². The van der Waals surface area contributed by atoms with Crippen molar-refractivity contribution in [3.8, 4) is 0 Å². The minimum atomic E-state index is -0.301. The van der Waals surface area contributed by atoms with E-state index < -0.39 is 0 Å². The number of hydrogen-bond donors (Lipinski definition) is 0. The third kappa shape index (κ3) is 5.00. The largest absolute Gasteiger partial charge is 0.467 e. The van der Waals surface area contributed by atoms with Crippen LogP contribution in [0.3, 0.4) is 0 Å². The predicted octanol–water partition coefficient (Wildman–Crippen LogP) is 2.54. The Kier molecular flexibility index (Phi) is 6.66. The van der Waals surface area contributed by atoms with Gasteiger partial charge in [0.05, 0.1) is 12.0 Å². The van der Waals surface area contributed by atoms with Gasteiger partial charge in [-0.1, -0.05) is 29.4 Å². The van der Waals surface area contributed by atoms with E-state index in [0.29, 0.717) is 55.0 Å². The fraction of sp³-hybridized carbons (Fsp3) is 0.368. The van der Waals surface area contributed by atoms with Gasteiger partial charge in [-0.3, -0.25) is 9.69 Å². The highest BCUT2D eigenvalue weighted by Gasteiger charge is 2.23. The smallest absolute Gasteiger partial charge is 0.233 e. The second-order valence-corrected chi connectivity index (χ2v) is 8.19. The molecule has 3 aromatic rings. The molecule has 0 atom stereocenters. The van der Waals surface area contributed by atoms with E-state index in [9.17, 15) is 9.18 Å². The van der Waals surface area contributed by atoms with Crippen LogP contribution in [0.15, 0.2) is 46.2 Å². The van der Waals surface area contributed by atoms with Crippen LogP contribution in [0.2, 0.25) is 5.02 Å². The van der Waals surface area contributed by atoms with Crippen molar-refractivity contribution < 1.29 is 13.6 Å². The number of carbonyl (C=O) groups is 1. The first-order valence-corrected chi connectivity index (χ1v) is 10.8. The van der Waals surface area contributed by atoms with Gasteiger partial charge in [0.2, 0.25) is 11.1 Å². The van der Waals surface area contributed by atoms with Crippen molar-refractivity contribution in [2.75, 3.05) is 31.9 Å². The minimum Gasteiger partial charge on any atom is -0.467 e. The van der Waals surface area contributed by atoms with Crippen LogP contribution in [0, 0.1) is 5.82 Å². The predicted molar refractivity (Wildman–Crippen MR) is 110 cm³/mol. The standard InChI is InChI=1S/C19H20ClFN6O2S/c20-16-4-1-5-17(21)15(16)12-25-6-8-26(9-7-25)18(28)13-30-19-22-23-24-27(19)11-14-3-2-10-29-14/h1-5,10H,6-9,11-13H2. The Morgan fingerprint density at radius 1 is 1.17 bits per heavy atom. The summed E-state index contributed by atoms with van der Waals surface area (Å²) in [6, 6.07) is 8.35. The second-order valence-electron chi connectivity index (χ2n) is 6.84. The summed E-state index contributed by atoms with van der Waals surface area (Å²) in [6.07, 6.45) is 1.59. The van der Waals surface area contributed by atoms with Crippen LogP contribution in [-0.2, 0) is 17.9 Å². The molecule has 1 saturated heterocycles. The van der Waals surface area contributed by atoms with E-state index in [2.05, 4.69) is 20.4 Å². The number of tetrazole rings is 1. The van der Waals surface area contributed by atoms with Gasteiger partial charge in [-0.25, -0.2) is 9.07 Å². The molecule has 3 heterocycles. The van der Waals surface area contributed by atoms with E-state index in [0.717, 1.165) is 5.76 Å². The first kappa shape index (κ1) is 20.8. The molecule has 1 aliphatic rings. The molecule has 0 unspecified atom stereocenters. The topological polar surface area (TPSA) is 80.3 Å². The van der Waals surface area contributed by atoms with E-state index in [-0.39, 0.29) is 17.5 Å². The zero-order valence-electron chi connectivity index (χ0n) is 16.1. The molecule has 8 nitrogen and oxygen atoms in total. The number of rotatable bonds is 7. The highest BCUT2D eigenvalue weighted by molar-refractivity contribution is 7.99. The zero-order valence-corrected chi connectivity index (χ0v) is 17.7. The van der Waals surface area contributed by atoms with Crippen LogP contribution in [0.1, 0.15) is 11.3 Å². The van der Waals surface area contributed by atoms with Crippen LogP contribution in [0.4, 0.5) is 4.39 Å². The molecule has 1 aromatic carbocycles. The molecule has 30 heavy (non-hydrogen) atoms. The summed E-state index contributed by atoms with van der Waals surface area (Å²) in [5, 5.41) is 12.6. The molecule has 0 bridgehead atoms. The van der Waals surface area contributed by atoms with Crippen LogP contribution in [-0.4, -0.2) is 67.8 Å². The fourth-order valence-electron chi connectivity index (χ4n) is 3.23. The Morgan fingerprint density at radius 2 is 2.00 bits per heavy atom. The number of nitrogens with zero attached hydrogens (tertiary/aromatic N) is 6. The molecule has 158 valence electrons. The maximum atomic E-state index is 14.0. The molecule has 1 amide bonds. The van der Waals surface area contributed by atoms with E-state index >= 15 is 0 Å². The summed E-state index contributed by atoms with van der Waals surface area (Å²) >= 11 is 7.42. The lowest BCUT2D eigenvalue weighted by atomic mass is 10.2. The first-order chi connectivity index (χ1) is 14.6. The quantitative estimate of drug-likeness (QED) is 0.512. The summed E-state index contributed by atoms with van der Waals surface area (Å²) in [4.78, 5) is 16.5. The fourth-order valence-corrected chi connectivity index (χ4v) is 4.23. The van der Waals surface area contributed by atoms with Gasteiger partial charge in [-0.15, -0.1) is 5.10 Å². The van der Waals surface area contributed by atoms with Gasteiger partial charge in [0.25, 0.3) is 0 Å². The van der Waals surface area contributed by atoms with Gasteiger partial charge >= 0.3 is 0 Å². The van der Waals surface area contributed by atoms with Gasteiger partial charge in [0.15, 0.2) is 0 Å². The Hall–Kier alpha value is -2.43. The van der Waals surface area contributed by atoms with Crippen molar-refractivity contribution in [2.24, 2.45) is 0 Å². The Bertz CT molecular complexity index is 971. The lowest BCUT2D eigenvalue weighted by Gasteiger charge is -2.34. The number of benzene rings is 1. The third-order valence-electron chi connectivity index (χ3n) is 4.88. The van der Waals surface area contributed by atoms with Crippen molar-refractivity contribution in [3.05, 3.63) is 58.8 Å². The molecule has 0 aliphatic carbocycles. The van der Waals surface area contributed by atoms with Gasteiger partial charge in [-0.05, 0) is 34.7 Å². The van der Waals surface area contributed by atoms with Crippen LogP contribution in [0.5, 0.6) is 0 Å². The number of halogens is 2. The molecule has 0 spiro atoms. The molecule has 11 heteroatoms. The second kappa shape index (κ2) is 9.59. The lowest BCUT2D eigenvalue weighted by Crippen LogP contribution is -2.48. The average molecular weight is 451 g/mol. The molecule has 0 saturated carbocycles. The molecule has 1 fully saturated rings. The summed E-state index contributed by atoms with van der Waals surface area (Å²) < 4.78 is 20.9. The molecule has 2 aromatic heterocycles. The van der Waals surface area contributed by atoms with Crippen LogP contribution >= 0.6 is 23.4 Å². The summed E-state index contributed by atoms with van der Waals surface area (Å²) in [6.45, 7) is 3.35. The van der Waals surface area contributed by atoms with Crippen molar-refractivity contribution in [3.63, 3.8) is 0 Å². The third-order valence-corrected chi connectivity index (χ3v) is 6.17. The summed E-state index contributed by atoms with van der Waals surface area (Å²) in [5.74, 6) is 0.708. The molecule has 0 radical (unpaired) electrons. The number of hydrogen-bond acceptors (Lipinski definition) is 7. The zero-order chi connectivity index (χ0) is 20.9. The molecular weight excluding hydrogens is 431 g/mol. The van der Waals surface area contributed by atoms with Gasteiger partial charge in [0.1, 0.15) is 18.1 Å². The normalized spacial score (nSPS) is 14.9. The SMILES string of the molecule is O=C(CSc1nnnn1Cc1ccco1)N1CCN(Cc2c(F)cccc2Cl)CC1. The number of amides is 1. The lowest BCUT2D eigenvalue weighted by molar-refractivity contribution is -0.130. The maximum absolute atomic E-state index is 14.0. The van der Waals surface area contributed by atoms with Gasteiger partial charge < -0.3 is 9.32 Å². The van der Waals surface area contributed by atoms with Gasteiger partial charge in [-0.2, -0.15) is 0 Å². The maximum Gasteiger partial charge on any atom is 0.233 e. The van der Waals surface area contributed by atoms with Crippen molar-refractivity contribution in [2.45, 2.75) is 18.2 Å². The average Bonchev–Trinajstić information content (AvgIpc) is 3.42. The van der Waals surface area contributed by atoms with Crippen molar-refractivity contribution in [1.82, 2.24) is 30.0 Å². The number of aromatic nitrogens is 4. The van der Waals surface area contributed by atoms with E-state index in [4.69, 9.17) is 16.0 Å². The van der Waals surface area contributed by atoms with Crippen molar-refractivity contribution >= 4 is 29.3 Å². The number of thioether (sulfide) groups is 1. The molecule has 4 rings (SSSR count). The van der Waals surface area contributed by atoms with Crippen LogP contribution in [0.25, 0.3) is 0 Å².